The van der Waals surface area contributed by atoms with Crippen LogP contribution in [0.2, 0.25) is 0 Å². The van der Waals surface area contributed by atoms with Crippen molar-refractivity contribution in [2.24, 2.45) is 5.92 Å². The molecule has 0 aliphatic carbocycles. The Morgan fingerprint density at radius 1 is 1.47 bits per heavy atom. The van der Waals surface area contributed by atoms with Gasteiger partial charge in [-0.2, -0.15) is 0 Å². The van der Waals surface area contributed by atoms with Gasteiger partial charge in [0.15, 0.2) is 0 Å². The van der Waals surface area contributed by atoms with Crippen molar-refractivity contribution < 1.29 is 0 Å². The summed E-state index contributed by atoms with van der Waals surface area (Å²) in [6, 6.07) is 0.595. The number of allylic oxidation sites excluding steroid dienone is 3. The van der Waals surface area contributed by atoms with Gasteiger partial charge in [0.25, 0.3) is 0 Å². The van der Waals surface area contributed by atoms with Crippen LogP contribution in [0.25, 0.3) is 0 Å². The Labute approximate surface area is 94.0 Å². The molecular weight excluding hydrogens is 182 g/mol. The molecule has 2 unspecified atom stereocenters. The SMILES string of the molecule is C=C1/C=C\CNC(CC)C(C)/C=C\CC1. The zero-order valence-corrected chi connectivity index (χ0v) is 10.00. The van der Waals surface area contributed by atoms with Crippen LogP contribution in [0.15, 0.2) is 36.5 Å². The van der Waals surface area contributed by atoms with Crippen molar-refractivity contribution in [1.29, 1.82) is 0 Å². The normalized spacial score (nSPS) is 33.1. The molecule has 2 atom stereocenters. The maximum Gasteiger partial charge on any atom is 0.0140 e. The molecule has 1 aliphatic heterocycles. The van der Waals surface area contributed by atoms with Gasteiger partial charge in [-0.3, -0.25) is 0 Å². The molecule has 0 aromatic carbocycles. The van der Waals surface area contributed by atoms with Gasteiger partial charge in [-0.15, -0.1) is 0 Å². The van der Waals surface area contributed by atoms with E-state index in [2.05, 4.69) is 50.0 Å². The lowest BCUT2D eigenvalue weighted by atomic mass is 9.98. The van der Waals surface area contributed by atoms with Crippen LogP contribution in [-0.4, -0.2) is 12.6 Å². The molecule has 0 fully saturated rings. The Balaban J connectivity index is 2.62. The van der Waals surface area contributed by atoms with E-state index in [-0.39, 0.29) is 0 Å². The van der Waals surface area contributed by atoms with E-state index in [1.165, 1.54) is 12.0 Å². The molecule has 84 valence electrons. The van der Waals surface area contributed by atoms with E-state index in [1.54, 1.807) is 0 Å². The second-order valence-corrected chi connectivity index (χ2v) is 4.31. The lowest BCUT2D eigenvalue weighted by Gasteiger charge is -2.20. The molecule has 1 heterocycles. The van der Waals surface area contributed by atoms with Gasteiger partial charge in [-0.1, -0.05) is 50.3 Å². The van der Waals surface area contributed by atoms with E-state index >= 15 is 0 Å². The fourth-order valence-electron chi connectivity index (χ4n) is 1.94. The summed E-state index contributed by atoms with van der Waals surface area (Å²) in [7, 11) is 0. The molecule has 1 aliphatic rings. The molecule has 1 heteroatoms. The summed E-state index contributed by atoms with van der Waals surface area (Å²) in [6.45, 7) is 9.51. The summed E-state index contributed by atoms with van der Waals surface area (Å²) in [6.07, 6.45) is 12.3. The smallest absolute Gasteiger partial charge is 0.0140 e. The fourth-order valence-corrected chi connectivity index (χ4v) is 1.94. The Morgan fingerprint density at radius 3 is 3.00 bits per heavy atom. The van der Waals surface area contributed by atoms with Gasteiger partial charge in [0.05, 0.1) is 0 Å². The first-order chi connectivity index (χ1) is 7.24. The molecule has 0 amide bonds. The standard InChI is InChI=1S/C14H23N/c1-4-14-13(3)10-6-5-8-12(2)9-7-11-15-14/h6-7,9-10,13-15H,2,4-5,8,11H2,1,3H3/b9-7-,10-6-. The van der Waals surface area contributed by atoms with E-state index < -0.39 is 0 Å². The third-order valence-electron chi connectivity index (χ3n) is 3.00. The molecule has 1 rings (SSSR count). The monoisotopic (exact) mass is 205 g/mol. The third-order valence-corrected chi connectivity index (χ3v) is 3.00. The lowest BCUT2D eigenvalue weighted by molar-refractivity contribution is 0.435. The maximum atomic E-state index is 4.03. The van der Waals surface area contributed by atoms with Crippen LogP contribution < -0.4 is 5.32 Å². The van der Waals surface area contributed by atoms with Crippen LogP contribution in [0.5, 0.6) is 0 Å². The van der Waals surface area contributed by atoms with E-state index in [0.29, 0.717) is 12.0 Å². The summed E-state index contributed by atoms with van der Waals surface area (Å²) < 4.78 is 0. The lowest BCUT2D eigenvalue weighted by Crippen LogP contribution is -2.33. The molecule has 0 saturated heterocycles. The zero-order chi connectivity index (χ0) is 11.1. The van der Waals surface area contributed by atoms with Gasteiger partial charge < -0.3 is 5.32 Å². The first-order valence-corrected chi connectivity index (χ1v) is 5.98. The van der Waals surface area contributed by atoms with Crippen molar-refractivity contribution in [2.45, 2.75) is 39.2 Å². The average Bonchev–Trinajstić information content (AvgIpc) is 2.26. The summed E-state index contributed by atoms with van der Waals surface area (Å²) >= 11 is 0. The van der Waals surface area contributed by atoms with Crippen LogP contribution in [0.4, 0.5) is 0 Å². The fraction of sp³-hybridized carbons (Fsp3) is 0.571. The molecular formula is C14H23N. The van der Waals surface area contributed by atoms with E-state index in [9.17, 15) is 0 Å². The van der Waals surface area contributed by atoms with Crippen molar-refractivity contribution in [3.8, 4) is 0 Å². The van der Waals surface area contributed by atoms with Crippen molar-refractivity contribution in [1.82, 2.24) is 5.32 Å². The highest BCUT2D eigenvalue weighted by Gasteiger charge is 2.10. The Bertz CT molecular complexity index is 250. The van der Waals surface area contributed by atoms with Gasteiger partial charge in [-0.25, -0.2) is 0 Å². The average molecular weight is 205 g/mol. The van der Waals surface area contributed by atoms with E-state index in [0.717, 1.165) is 19.4 Å². The van der Waals surface area contributed by atoms with E-state index in [1.807, 2.05) is 0 Å². The Morgan fingerprint density at radius 2 is 2.27 bits per heavy atom. The van der Waals surface area contributed by atoms with Gasteiger partial charge >= 0.3 is 0 Å². The third kappa shape index (κ3) is 4.48. The zero-order valence-electron chi connectivity index (χ0n) is 10.00. The van der Waals surface area contributed by atoms with Crippen LogP contribution >= 0.6 is 0 Å². The largest absolute Gasteiger partial charge is 0.310 e. The van der Waals surface area contributed by atoms with Gasteiger partial charge in [0.1, 0.15) is 0 Å². The van der Waals surface area contributed by atoms with E-state index in [4.69, 9.17) is 0 Å². The molecule has 1 nitrogen and oxygen atoms in total. The summed E-state index contributed by atoms with van der Waals surface area (Å²) in [5.74, 6) is 0.620. The van der Waals surface area contributed by atoms with Gasteiger partial charge in [0, 0.05) is 12.6 Å². The summed E-state index contributed by atoms with van der Waals surface area (Å²) in [5, 5.41) is 3.56. The molecule has 0 bridgehead atoms. The minimum absolute atomic E-state index is 0.595. The summed E-state index contributed by atoms with van der Waals surface area (Å²) in [4.78, 5) is 0. The number of rotatable bonds is 1. The van der Waals surface area contributed by atoms with Gasteiger partial charge in [0.2, 0.25) is 0 Å². The number of hydrogen-bond donors (Lipinski definition) is 1. The van der Waals surface area contributed by atoms with Crippen LogP contribution in [0.1, 0.15) is 33.1 Å². The first-order valence-electron chi connectivity index (χ1n) is 5.98. The Hall–Kier alpha value is -0.820. The van der Waals surface area contributed by atoms with Crippen molar-refractivity contribution in [2.75, 3.05) is 6.54 Å². The molecule has 0 aromatic rings. The highest BCUT2D eigenvalue weighted by Crippen LogP contribution is 2.12. The second-order valence-electron chi connectivity index (χ2n) is 4.31. The predicted octanol–water partition coefficient (Wildman–Crippen LogP) is 3.45. The number of hydrogen-bond acceptors (Lipinski definition) is 1. The van der Waals surface area contributed by atoms with Gasteiger partial charge in [-0.05, 0) is 25.2 Å². The minimum atomic E-state index is 0.595. The molecule has 0 aromatic heterocycles. The minimum Gasteiger partial charge on any atom is -0.310 e. The molecule has 0 saturated carbocycles. The topological polar surface area (TPSA) is 12.0 Å². The number of nitrogens with one attached hydrogen (secondary N) is 1. The van der Waals surface area contributed by atoms with Crippen LogP contribution in [-0.2, 0) is 0 Å². The molecule has 0 spiro atoms. The summed E-state index contributed by atoms with van der Waals surface area (Å²) in [5.41, 5.74) is 1.23. The highest BCUT2D eigenvalue weighted by molar-refractivity contribution is 5.15. The predicted molar refractivity (Wildman–Crippen MR) is 67.9 cm³/mol. The Kier molecular flexibility index (Phi) is 5.41. The first kappa shape index (κ1) is 12.3. The molecule has 1 N–H and O–H groups in total. The van der Waals surface area contributed by atoms with Crippen molar-refractivity contribution in [3.05, 3.63) is 36.5 Å². The highest BCUT2D eigenvalue weighted by atomic mass is 14.9. The van der Waals surface area contributed by atoms with Crippen LogP contribution in [0.3, 0.4) is 0 Å². The van der Waals surface area contributed by atoms with Crippen LogP contribution in [0, 0.1) is 5.92 Å². The molecule has 0 radical (unpaired) electrons. The second kappa shape index (κ2) is 6.62. The van der Waals surface area contributed by atoms with Crippen molar-refractivity contribution in [3.63, 3.8) is 0 Å². The molecule has 15 heavy (non-hydrogen) atoms. The van der Waals surface area contributed by atoms with Crippen molar-refractivity contribution >= 4 is 0 Å². The quantitative estimate of drug-likeness (QED) is 0.646. The maximum absolute atomic E-state index is 4.03.